The quantitative estimate of drug-likeness (QED) is 0.518. The average Bonchev–Trinajstić information content (AvgIpc) is 2.84. The predicted molar refractivity (Wildman–Crippen MR) is 135 cm³/mol. The van der Waals surface area contributed by atoms with Gasteiger partial charge in [0.05, 0.1) is 5.69 Å². The van der Waals surface area contributed by atoms with Crippen molar-refractivity contribution in [3.8, 4) is 0 Å². The number of carbonyl (C=O) groups is 1. The lowest BCUT2D eigenvalue weighted by atomic mass is 10.0. The number of rotatable bonds is 7. The molecule has 172 valence electrons. The molecule has 3 N–H and O–H groups in total. The van der Waals surface area contributed by atoms with Crippen molar-refractivity contribution in [3.63, 3.8) is 0 Å². The lowest BCUT2D eigenvalue weighted by Gasteiger charge is -2.34. The van der Waals surface area contributed by atoms with E-state index in [9.17, 15) is 9.59 Å². The van der Waals surface area contributed by atoms with Gasteiger partial charge in [-0.2, -0.15) is 0 Å². The summed E-state index contributed by atoms with van der Waals surface area (Å²) < 4.78 is 0. The lowest BCUT2D eigenvalue weighted by molar-refractivity contribution is 0.102. The van der Waals surface area contributed by atoms with E-state index in [0.29, 0.717) is 17.9 Å². The molecule has 2 heterocycles. The van der Waals surface area contributed by atoms with E-state index in [1.165, 1.54) is 5.56 Å². The first-order chi connectivity index (χ1) is 16.0. The number of likely N-dealkylation sites (N-methyl/N-ethyl adjacent to an activating group) is 1. The molecule has 0 aliphatic carbocycles. The predicted octanol–water partition coefficient (Wildman–Crippen LogP) is 3.59. The van der Waals surface area contributed by atoms with E-state index in [1.54, 1.807) is 12.3 Å². The second-order valence-corrected chi connectivity index (χ2v) is 8.58. The summed E-state index contributed by atoms with van der Waals surface area (Å²) >= 11 is 0. The summed E-state index contributed by atoms with van der Waals surface area (Å²) in [5, 5.41) is 6.15. The average molecular weight is 446 g/mol. The number of hydrogen-bond donors (Lipinski definition) is 3. The fraction of sp³-hybridized carbons (Fsp3) is 0.308. The van der Waals surface area contributed by atoms with Crippen LogP contribution >= 0.6 is 0 Å². The molecule has 1 aliphatic rings. The molecule has 1 saturated heterocycles. The van der Waals surface area contributed by atoms with Crippen LogP contribution in [0.25, 0.3) is 0 Å². The van der Waals surface area contributed by atoms with Gasteiger partial charge in [0.1, 0.15) is 5.56 Å². The van der Waals surface area contributed by atoms with Gasteiger partial charge in [-0.25, -0.2) is 0 Å². The Labute approximate surface area is 194 Å². The van der Waals surface area contributed by atoms with Crippen molar-refractivity contribution in [2.75, 3.05) is 55.3 Å². The van der Waals surface area contributed by atoms with Crippen molar-refractivity contribution in [2.24, 2.45) is 0 Å². The molecule has 1 aliphatic heterocycles. The zero-order chi connectivity index (χ0) is 23.2. The molecule has 0 bridgehead atoms. The molecular weight excluding hydrogens is 414 g/mol. The zero-order valence-electron chi connectivity index (χ0n) is 19.2. The van der Waals surface area contributed by atoms with Crippen LogP contribution in [0, 0.1) is 0 Å². The van der Waals surface area contributed by atoms with E-state index < -0.39 is 11.5 Å². The Kier molecular flexibility index (Phi) is 7.10. The summed E-state index contributed by atoms with van der Waals surface area (Å²) in [6, 6.07) is 19.7. The number of nitrogens with zero attached hydrogens (tertiary/aromatic N) is 2. The van der Waals surface area contributed by atoms with E-state index in [2.05, 4.69) is 51.5 Å². The van der Waals surface area contributed by atoms with Crippen LogP contribution in [0.15, 0.2) is 71.7 Å². The number of carbonyl (C=O) groups excluding carboxylic acids is 1. The highest BCUT2D eigenvalue weighted by atomic mass is 16.2. The van der Waals surface area contributed by atoms with Gasteiger partial charge in [0.2, 0.25) is 0 Å². The van der Waals surface area contributed by atoms with Crippen LogP contribution in [0.3, 0.4) is 0 Å². The molecule has 1 amide bonds. The summed E-state index contributed by atoms with van der Waals surface area (Å²) in [4.78, 5) is 32.8. The summed E-state index contributed by atoms with van der Waals surface area (Å²) in [5.74, 6) is -0.206. The monoisotopic (exact) mass is 445 g/mol. The maximum atomic E-state index is 13.0. The topological polar surface area (TPSA) is 80.5 Å². The maximum Gasteiger partial charge on any atom is 0.263 e. The molecule has 0 radical (unpaired) electrons. The Bertz CT molecular complexity index is 1120. The number of pyridine rings is 1. The Morgan fingerprint density at radius 1 is 1.00 bits per heavy atom. The molecule has 1 atom stereocenters. The van der Waals surface area contributed by atoms with Crippen molar-refractivity contribution < 1.29 is 4.79 Å². The molecule has 7 nitrogen and oxygen atoms in total. The van der Waals surface area contributed by atoms with Crippen LogP contribution in [-0.4, -0.2) is 55.6 Å². The van der Waals surface area contributed by atoms with Crippen LogP contribution in [0.1, 0.15) is 28.8 Å². The summed E-state index contributed by atoms with van der Waals surface area (Å²) in [7, 11) is 2.13. The van der Waals surface area contributed by atoms with Gasteiger partial charge in [-0.15, -0.1) is 0 Å². The van der Waals surface area contributed by atoms with E-state index >= 15 is 0 Å². The van der Waals surface area contributed by atoms with Gasteiger partial charge in [0, 0.05) is 50.3 Å². The first-order valence-corrected chi connectivity index (χ1v) is 11.4. The molecule has 4 rings (SSSR count). The van der Waals surface area contributed by atoms with Gasteiger partial charge >= 0.3 is 0 Å². The normalized spacial score (nSPS) is 15.2. The zero-order valence-corrected chi connectivity index (χ0v) is 19.2. The van der Waals surface area contributed by atoms with Crippen molar-refractivity contribution in [3.05, 3.63) is 88.3 Å². The number of amides is 1. The van der Waals surface area contributed by atoms with Crippen LogP contribution < -0.4 is 21.1 Å². The molecule has 1 aromatic heterocycles. The first-order valence-electron chi connectivity index (χ1n) is 11.4. The third kappa shape index (κ3) is 5.62. The van der Waals surface area contributed by atoms with E-state index in [-0.39, 0.29) is 11.5 Å². The van der Waals surface area contributed by atoms with Crippen molar-refractivity contribution in [1.82, 2.24) is 9.88 Å². The molecule has 1 fully saturated rings. The number of nitrogens with one attached hydrogen (secondary N) is 3. The van der Waals surface area contributed by atoms with Gasteiger partial charge in [-0.1, -0.05) is 37.3 Å². The second-order valence-electron chi connectivity index (χ2n) is 8.58. The summed E-state index contributed by atoms with van der Waals surface area (Å²) in [5.41, 5.74) is 3.18. The highest BCUT2D eigenvalue weighted by Gasteiger charge is 2.18. The van der Waals surface area contributed by atoms with Crippen LogP contribution in [-0.2, 0) is 0 Å². The second kappa shape index (κ2) is 10.4. The van der Waals surface area contributed by atoms with Crippen molar-refractivity contribution in [1.29, 1.82) is 0 Å². The molecule has 2 aromatic carbocycles. The summed E-state index contributed by atoms with van der Waals surface area (Å²) in [6.45, 7) is 6.75. The molecule has 1 unspecified atom stereocenters. The number of piperazine rings is 1. The molecule has 0 saturated carbocycles. The number of H-pyrrole nitrogens is 1. The van der Waals surface area contributed by atoms with E-state index in [1.807, 2.05) is 42.5 Å². The fourth-order valence-electron chi connectivity index (χ4n) is 4.03. The van der Waals surface area contributed by atoms with Gasteiger partial charge < -0.3 is 25.4 Å². The number of aromatic amines is 1. The Hall–Kier alpha value is -3.58. The highest BCUT2D eigenvalue weighted by Crippen LogP contribution is 2.21. The Morgan fingerprint density at radius 3 is 2.39 bits per heavy atom. The minimum Gasteiger partial charge on any atom is -0.384 e. The number of hydrogen-bond acceptors (Lipinski definition) is 5. The van der Waals surface area contributed by atoms with E-state index in [0.717, 1.165) is 31.9 Å². The third-order valence-corrected chi connectivity index (χ3v) is 6.15. The molecule has 3 aromatic rings. The molecule has 0 spiro atoms. The van der Waals surface area contributed by atoms with Crippen LogP contribution in [0.4, 0.5) is 17.1 Å². The Morgan fingerprint density at radius 2 is 1.70 bits per heavy atom. The third-order valence-electron chi connectivity index (χ3n) is 6.15. The lowest BCUT2D eigenvalue weighted by Crippen LogP contribution is -2.44. The molecular formula is C26H31N5O2. The Balaban J connectivity index is 1.43. The van der Waals surface area contributed by atoms with Gasteiger partial charge in [0.25, 0.3) is 11.5 Å². The van der Waals surface area contributed by atoms with Crippen molar-refractivity contribution in [2.45, 2.75) is 12.8 Å². The number of anilines is 3. The first kappa shape index (κ1) is 22.6. The van der Waals surface area contributed by atoms with Crippen molar-refractivity contribution >= 4 is 23.0 Å². The van der Waals surface area contributed by atoms with Crippen LogP contribution in [0.5, 0.6) is 0 Å². The largest absolute Gasteiger partial charge is 0.384 e. The minimum absolute atomic E-state index is 0.0842. The standard InChI is InChI=1S/C26H31N5O2/c1-19(20-6-4-3-5-7-20)18-28-23-12-13-27-25(32)24(23)26(33)29-21-8-10-22(11-9-21)31-16-14-30(2)15-17-31/h3-13,19H,14-18H2,1-2H3,(H,29,33)(H2,27,28,32). The SMILES string of the molecule is CC(CNc1cc[nH]c(=O)c1C(=O)Nc1ccc(N2CCN(C)CC2)cc1)c1ccccc1. The fourth-order valence-corrected chi connectivity index (χ4v) is 4.03. The molecule has 33 heavy (non-hydrogen) atoms. The summed E-state index contributed by atoms with van der Waals surface area (Å²) in [6.07, 6.45) is 1.56. The highest BCUT2D eigenvalue weighted by molar-refractivity contribution is 6.07. The van der Waals surface area contributed by atoms with Gasteiger partial charge in [-0.05, 0) is 48.9 Å². The van der Waals surface area contributed by atoms with Crippen LogP contribution in [0.2, 0.25) is 0 Å². The maximum absolute atomic E-state index is 13.0. The van der Waals surface area contributed by atoms with E-state index in [4.69, 9.17) is 0 Å². The number of aromatic nitrogens is 1. The van der Waals surface area contributed by atoms with Gasteiger partial charge in [-0.3, -0.25) is 9.59 Å². The smallest absolute Gasteiger partial charge is 0.263 e. The van der Waals surface area contributed by atoms with Gasteiger partial charge in [0.15, 0.2) is 0 Å². The molecule has 7 heteroatoms. The number of benzene rings is 2. The minimum atomic E-state index is -0.431.